The lowest BCUT2D eigenvalue weighted by molar-refractivity contribution is 0.487. The second-order valence-corrected chi connectivity index (χ2v) is 5.72. The van der Waals surface area contributed by atoms with Gasteiger partial charge in [-0.25, -0.2) is 8.78 Å². The zero-order valence-electron chi connectivity index (χ0n) is 13.2. The molecule has 2 heterocycles. The second-order valence-electron chi connectivity index (χ2n) is 5.72. The van der Waals surface area contributed by atoms with Crippen molar-refractivity contribution >= 4 is 0 Å². The van der Waals surface area contributed by atoms with Crippen LogP contribution in [0.15, 0.2) is 81.6 Å². The summed E-state index contributed by atoms with van der Waals surface area (Å²) < 4.78 is 37.6. The minimum absolute atomic E-state index is 0.278. The van der Waals surface area contributed by atoms with Gasteiger partial charge in [-0.15, -0.1) is 0 Å². The van der Waals surface area contributed by atoms with E-state index in [0.717, 1.165) is 22.6 Å². The fourth-order valence-corrected chi connectivity index (χ4v) is 2.66. The first kappa shape index (κ1) is 15.4. The predicted octanol–water partition coefficient (Wildman–Crippen LogP) is 6.08. The number of halogens is 2. The standard InChI is InChI=1S/C21H14F2O2/c22-16-5-1-14(2-6-16)20-11-9-18(24-20)13-19-10-12-21(25-19)15-3-7-17(23)8-4-15/h1-12H,13H2. The summed E-state index contributed by atoms with van der Waals surface area (Å²) in [5, 5.41) is 0. The fourth-order valence-electron chi connectivity index (χ4n) is 2.66. The Balaban J connectivity index is 1.51. The monoisotopic (exact) mass is 336 g/mol. The predicted molar refractivity (Wildman–Crippen MR) is 91.0 cm³/mol. The van der Waals surface area contributed by atoms with Crippen LogP contribution >= 0.6 is 0 Å². The molecule has 0 bridgehead atoms. The molecule has 0 aliphatic carbocycles. The fraction of sp³-hybridized carbons (Fsp3) is 0.0476. The zero-order valence-corrected chi connectivity index (χ0v) is 13.2. The summed E-state index contributed by atoms with van der Waals surface area (Å²) in [7, 11) is 0. The molecule has 0 unspecified atom stereocenters. The summed E-state index contributed by atoms with van der Waals surface area (Å²) in [5.41, 5.74) is 1.64. The van der Waals surface area contributed by atoms with Gasteiger partial charge in [-0.3, -0.25) is 0 Å². The van der Waals surface area contributed by atoms with Crippen molar-refractivity contribution < 1.29 is 17.6 Å². The highest BCUT2D eigenvalue weighted by molar-refractivity contribution is 5.58. The normalized spacial score (nSPS) is 11.0. The highest BCUT2D eigenvalue weighted by atomic mass is 19.1. The average molecular weight is 336 g/mol. The van der Waals surface area contributed by atoms with Crippen LogP contribution in [0.4, 0.5) is 8.78 Å². The summed E-state index contributed by atoms with van der Waals surface area (Å²) in [6.07, 6.45) is 0.502. The number of furan rings is 2. The quantitative estimate of drug-likeness (QED) is 0.452. The molecule has 0 amide bonds. The van der Waals surface area contributed by atoms with Crippen molar-refractivity contribution in [1.82, 2.24) is 0 Å². The maximum atomic E-state index is 13.0. The Morgan fingerprint density at radius 1 is 0.520 bits per heavy atom. The molecule has 2 nitrogen and oxygen atoms in total. The van der Waals surface area contributed by atoms with Crippen LogP contribution in [0.3, 0.4) is 0 Å². The molecule has 25 heavy (non-hydrogen) atoms. The third kappa shape index (κ3) is 3.38. The molecule has 0 fully saturated rings. The van der Waals surface area contributed by atoms with E-state index in [4.69, 9.17) is 8.83 Å². The van der Waals surface area contributed by atoms with Crippen molar-refractivity contribution in [3.63, 3.8) is 0 Å². The molecule has 0 aliphatic heterocycles. The van der Waals surface area contributed by atoms with Gasteiger partial charge in [0.25, 0.3) is 0 Å². The molecule has 0 N–H and O–H groups in total. The van der Waals surface area contributed by atoms with Crippen molar-refractivity contribution in [1.29, 1.82) is 0 Å². The number of hydrogen-bond acceptors (Lipinski definition) is 2. The molecule has 2 aromatic carbocycles. The minimum Gasteiger partial charge on any atom is -0.461 e. The Morgan fingerprint density at radius 3 is 1.32 bits per heavy atom. The van der Waals surface area contributed by atoms with Crippen molar-refractivity contribution in [3.05, 3.63) is 96.0 Å². The van der Waals surface area contributed by atoms with E-state index in [2.05, 4.69) is 0 Å². The van der Waals surface area contributed by atoms with Gasteiger partial charge in [0.2, 0.25) is 0 Å². The van der Waals surface area contributed by atoms with Crippen molar-refractivity contribution in [3.8, 4) is 22.6 Å². The Labute approximate surface area is 143 Å². The van der Waals surface area contributed by atoms with Gasteiger partial charge in [-0.05, 0) is 72.8 Å². The van der Waals surface area contributed by atoms with Gasteiger partial charge >= 0.3 is 0 Å². The van der Waals surface area contributed by atoms with Crippen molar-refractivity contribution in [2.45, 2.75) is 6.42 Å². The lowest BCUT2D eigenvalue weighted by Crippen LogP contribution is -1.81. The molecule has 0 radical (unpaired) electrons. The highest BCUT2D eigenvalue weighted by Crippen LogP contribution is 2.26. The maximum Gasteiger partial charge on any atom is 0.134 e. The maximum absolute atomic E-state index is 13.0. The van der Waals surface area contributed by atoms with Crippen LogP contribution in [0.2, 0.25) is 0 Å². The number of benzene rings is 2. The molecule has 0 atom stereocenters. The third-order valence-electron chi connectivity index (χ3n) is 3.93. The van der Waals surface area contributed by atoms with Crippen LogP contribution in [0, 0.1) is 11.6 Å². The van der Waals surface area contributed by atoms with E-state index in [1.165, 1.54) is 24.3 Å². The first-order chi connectivity index (χ1) is 12.2. The Kier molecular flexibility index (Phi) is 3.94. The van der Waals surface area contributed by atoms with Gasteiger partial charge in [-0.1, -0.05) is 0 Å². The molecular weight excluding hydrogens is 322 g/mol. The molecule has 0 spiro atoms. The van der Waals surface area contributed by atoms with Crippen molar-refractivity contribution in [2.24, 2.45) is 0 Å². The molecular formula is C21H14F2O2. The summed E-state index contributed by atoms with van der Waals surface area (Å²) in [4.78, 5) is 0. The van der Waals surface area contributed by atoms with E-state index in [-0.39, 0.29) is 11.6 Å². The smallest absolute Gasteiger partial charge is 0.134 e. The summed E-state index contributed by atoms with van der Waals surface area (Å²) in [6, 6.07) is 19.8. The van der Waals surface area contributed by atoms with Gasteiger partial charge in [-0.2, -0.15) is 0 Å². The number of rotatable bonds is 4. The van der Waals surface area contributed by atoms with Gasteiger partial charge < -0.3 is 8.83 Å². The lowest BCUT2D eigenvalue weighted by Gasteiger charge is -1.98. The zero-order chi connectivity index (χ0) is 17.2. The van der Waals surface area contributed by atoms with E-state index in [0.29, 0.717) is 17.9 Å². The first-order valence-corrected chi connectivity index (χ1v) is 7.87. The van der Waals surface area contributed by atoms with E-state index < -0.39 is 0 Å². The van der Waals surface area contributed by atoms with Crippen LogP contribution in [-0.2, 0) is 6.42 Å². The molecule has 2 aromatic heterocycles. The van der Waals surface area contributed by atoms with E-state index in [9.17, 15) is 8.78 Å². The van der Waals surface area contributed by atoms with Crippen molar-refractivity contribution in [2.75, 3.05) is 0 Å². The SMILES string of the molecule is Fc1ccc(-c2ccc(Cc3ccc(-c4ccc(F)cc4)o3)o2)cc1. The van der Waals surface area contributed by atoms with Gasteiger partial charge in [0.05, 0.1) is 6.42 Å². The second kappa shape index (κ2) is 6.40. The van der Waals surface area contributed by atoms with Crippen LogP contribution in [0.5, 0.6) is 0 Å². The molecule has 0 saturated carbocycles. The molecule has 124 valence electrons. The van der Waals surface area contributed by atoms with E-state index in [1.54, 1.807) is 24.3 Å². The first-order valence-electron chi connectivity index (χ1n) is 7.87. The summed E-state index contributed by atoms with van der Waals surface area (Å²) in [5.74, 6) is 2.30. The molecule has 4 aromatic rings. The van der Waals surface area contributed by atoms with Gasteiger partial charge in [0.15, 0.2) is 0 Å². The van der Waals surface area contributed by atoms with Gasteiger partial charge in [0, 0.05) is 11.1 Å². The topological polar surface area (TPSA) is 26.3 Å². The van der Waals surface area contributed by atoms with Crippen LogP contribution in [0.1, 0.15) is 11.5 Å². The Hall–Kier alpha value is -3.14. The number of hydrogen-bond donors (Lipinski definition) is 0. The Morgan fingerprint density at radius 2 is 0.920 bits per heavy atom. The largest absolute Gasteiger partial charge is 0.461 e. The van der Waals surface area contributed by atoms with Crippen LogP contribution in [0.25, 0.3) is 22.6 Å². The van der Waals surface area contributed by atoms with E-state index in [1.807, 2.05) is 24.3 Å². The Bertz CT molecular complexity index is 898. The molecule has 4 heteroatoms. The summed E-state index contributed by atoms with van der Waals surface area (Å²) >= 11 is 0. The van der Waals surface area contributed by atoms with Crippen LogP contribution in [-0.4, -0.2) is 0 Å². The summed E-state index contributed by atoms with van der Waals surface area (Å²) in [6.45, 7) is 0. The molecule has 0 aliphatic rings. The average Bonchev–Trinajstić information content (AvgIpc) is 3.27. The third-order valence-corrected chi connectivity index (χ3v) is 3.93. The minimum atomic E-state index is -0.278. The van der Waals surface area contributed by atoms with Gasteiger partial charge in [0.1, 0.15) is 34.7 Å². The highest BCUT2D eigenvalue weighted by Gasteiger charge is 2.10. The molecule has 4 rings (SSSR count). The van der Waals surface area contributed by atoms with E-state index >= 15 is 0 Å². The lowest BCUT2D eigenvalue weighted by atomic mass is 10.2. The molecule has 0 saturated heterocycles. The van der Waals surface area contributed by atoms with Crippen LogP contribution < -0.4 is 0 Å².